The minimum Gasteiger partial charge on any atom is -0.497 e. The van der Waals surface area contributed by atoms with Crippen LogP contribution >= 0.6 is 11.6 Å². The molecule has 1 heterocycles. The Morgan fingerprint density at radius 2 is 1.93 bits per heavy atom. The number of esters is 1. The molecule has 2 aromatic carbocycles. The molecule has 1 aliphatic rings. The minimum absolute atomic E-state index is 0.107. The average Bonchev–Trinajstić information content (AvgIpc) is 2.66. The number of amides is 2. The first-order valence-corrected chi connectivity index (χ1v) is 8.69. The molecule has 6 nitrogen and oxygen atoms in total. The van der Waals surface area contributed by atoms with E-state index in [2.05, 4.69) is 10.6 Å². The van der Waals surface area contributed by atoms with Crippen LogP contribution in [0.2, 0.25) is 5.02 Å². The SMILES string of the molecule is COc1ccc(COC(=O)C2=C(C)NC(=O)N[C@@H]2c2cccc(Cl)c2)cc1. The Labute approximate surface area is 162 Å². The second-order valence-corrected chi connectivity index (χ2v) is 6.49. The third kappa shape index (κ3) is 4.41. The molecule has 2 aromatic rings. The first kappa shape index (κ1) is 18.8. The van der Waals surface area contributed by atoms with Gasteiger partial charge in [0.1, 0.15) is 12.4 Å². The molecule has 1 aliphatic heterocycles. The Kier molecular flexibility index (Phi) is 5.66. The summed E-state index contributed by atoms with van der Waals surface area (Å²) in [6.07, 6.45) is 0. The van der Waals surface area contributed by atoms with Crippen LogP contribution < -0.4 is 15.4 Å². The number of allylic oxidation sites excluding steroid dienone is 1. The molecular formula is C20H19ClN2O4. The number of benzene rings is 2. The number of halogens is 1. The predicted octanol–water partition coefficient (Wildman–Crippen LogP) is 3.72. The fourth-order valence-corrected chi connectivity index (χ4v) is 3.05. The molecule has 0 spiro atoms. The third-order valence-corrected chi connectivity index (χ3v) is 4.44. The lowest BCUT2D eigenvalue weighted by Gasteiger charge is -2.28. The van der Waals surface area contributed by atoms with Crippen molar-refractivity contribution in [2.24, 2.45) is 0 Å². The van der Waals surface area contributed by atoms with Crippen LogP contribution in [0.5, 0.6) is 5.75 Å². The van der Waals surface area contributed by atoms with Crippen molar-refractivity contribution < 1.29 is 19.1 Å². The quantitative estimate of drug-likeness (QED) is 0.768. The van der Waals surface area contributed by atoms with Gasteiger partial charge in [-0.25, -0.2) is 9.59 Å². The zero-order valence-electron chi connectivity index (χ0n) is 14.9. The van der Waals surface area contributed by atoms with Crippen molar-refractivity contribution in [3.05, 3.63) is 76.0 Å². The Bertz CT molecular complexity index is 893. The monoisotopic (exact) mass is 386 g/mol. The van der Waals surface area contributed by atoms with Crippen molar-refractivity contribution in [1.82, 2.24) is 10.6 Å². The van der Waals surface area contributed by atoms with Gasteiger partial charge < -0.3 is 20.1 Å². The summed E-state index contributed by atoms with van der Waals surface area (Å²) in [6.45, 7) is 1.77. The summed E-state index contributed by atoms with van der Waals surface area (Å²) < 4.78 is 10.6. The van der Waals surface area contributed by atoms with Crippen LogP contribution in [0.4, 0.5) is 4.79 Å². The highest BCUT2D eigenvalue weighted by atomic mass is 35.5. The lowest BCUT2D eigenvalue weighted by Crippen LogP contribution is -2.45. The molecule has 140 valence electrons. The molecule has 0 aromatic heterocycles. The van der Waals surface area contributed by atoms with Gasteiger partial charge in [0.15, 0.2) is 0 Å². The number of carbonyl (C=O) groups excluding carboxylic acids is 2. The summed E-state index contributed by atoms with van der Waals surface area (Å²) in [5, 5.41) is 5.89. The van der Waals surface area contributed by atoms with Crippen molar-refractivity contribution in [1.29, 1.82) is 0 Å². The van der Waals surface area contributed by atoms with Crippen molar-refractivity contribution in [2.75, 3.05) is 7.11 Å². The van der Waals surface area contributed by atoms with Gasteiger partial charge in [-0.05, 0) is 42.3 Å². The van der Waals surface area contributed by atoms with Crippen molar-refractivity contribution in [3.8, 4) is 5.75 Å². The number of carbonyl (C=O) groups is 2. The third-order valence-electron chi connectivity index (χ3n) is 4.20. The van der Waals surface area contributed by atoms with Crippen molar-refractivity contribution in [3.63, 3.8) is 0 Å². The molecule has 3 rings (SSSR count). The first-order valence-electron chi connectivity index (χ1n) is 8.31. The second-order valence-electron chi connectivity index (χ2n) is 6.05. The number of rotatable bonds is 5. The number of hydrogen-bond acceptors (Lipinski definition) is 4. The van der Waals surface area contributed by atoms with E-state index in [1.165, 1.54) is 0 Å². The van der Waals surface area contributed by atoms with E-state index >= 15 is 0 Å². The van der Waals surface area contributed by atoms with Crippen LogP contribution in [0.1, 0.15) is 24.1 Å². The molecule has 0 aliphatic carbocycles. The summed E-state index contributed by atoms with van der Waals surface area (Å²) in [6, 6.07) is 13.2. The fourth-order valence-electron chi connectivity index (χ4n) is 2.85. The highest BCUT2D eigenvalue weighted by molar-refractivity contribution is 6.30. The lowest BCUT2D eigenvalue weighted by atomic mass is 9.95. The Hall–Kier alpha value is -2.99. The van der Waals surface area contributed by atoms with Gasteiger partial charge in [0.25, 0.3) is 0 Å². The van der Waals surface area contributed by atoms with Gasteiger partial charge >= 0.3 is 12.0 Å². The van der Waals surface area contributed by atoms with Gasteiger partial charge in [-0.2, -0.15) is 0 Å². The van der Waals surface area contributed by atoms with E-state index in [4.69, 9.17) is 21.1 Å². The first-order chi connectivity index (χ1) is 13.0. The maximum absolute atomic E-state index is 12.8. The summed E-state index contributed by atoms with van der Waals surface area (Å²) in [5.74, 6) is 0.213. The van der Waals surface area contributed by atoms with Gasteiger partial charge in [-0.3, -0.25) is 0 Å². The molecule has 0 fully saturated rings. The topological polar surface area (TPSA) is 76.7 Å². The fraction of sp³-hybridized carbons (Fsp3) is 0.200. The van der Waals surface area contributed by atoms with Crippen LogP contribution in [0.15, 0.2) is 59.8 Å². The van der Waals surface area contributed by atoms with Gasteiger partial charge in [-0.15, -0.1) is 0 Å². The zero-order chi connectivity index (χ0) is 19.4. The van der Waals surface area contributed by atoms with Gasteiger partial charge in [-0.1, -0.05) is 35.9 Å². The molecular weight excluding hydrogens is 368 g/mol. The minimum atomic E-state index is -0.638. The molecule has 27 heavy (non-hydrogen) atoms. The molecule has 0 saturated carbocycles. The summed E-state index contributed by atoms with van der Waals surface area (Å²) >= 11 is 6.06. The van der Waals surface area contributed by atoms with E-state index in [1.54, 1.807) is 50.4 Å². The molecule has 1 atom stereocenters. The number of urea groups is 1. The normalized spacial score (nSPS) is 16.4. The van der Waals surface area contributed by atoms with E-state index in [0.717, 1.165) is 11.3 Å². The van der Waals surface area contributed by atoms with Crippen LogP contribution in [-0.2, 0) is 16.1 Å². The van der Waals surface area contributed by atoms with Gasteiger partial charge in [0, 0.05) is 10.7 Å². The maximum Gasteiger partial charge on any atom is 0.338 e. The van der Waals surface area contributed by atoms with E-state index in [1.807, 2.05) is 12.1 Å². The Morgan fingerprint density at radius 1 is 1.19 bits per heavy atom. The molecule has 2 amide bonds. The van der Waals surface area contributed by atoms with Crippen molar-refractivity contribution >= 4 is 23.6 Å². The molecule has 0 saturated heterocycles. The molecule has 0 radical (unpaired) electrons. The second kappa shape index (κ2) is 8.14. The average molecular weight is 387 g/mol. The van der Waals surface area contributed by atoms with Crippen LogP contribution in [0.3, 0.4) is 0 Å². The standard InChI is InChI=1S/C20H19ClN2O4/c1-12-17(19(24)27-11-13-6-8-16(26-2)9-7-13)18(23-20(25)22-12)14-4-3-5-15(21)10-14/h3-10,18H,11H2,1-2H3,(H2,22,23,25)/t18-/m1/s1. The van der Waals surface area contributed by atoms with Crippen LogP contribution in [0, 0.1) is 0 Å². The molecule has 2 N–H and O–H groups in total. The van der Waals surface area contributed by atoms with Crippen molar-refractivity contribution in [2.45, 2.75) is 19.6 Å². The Morgan fingerprint density at radius 3 is 2.59 bits per heavy atom. The lowest BCUT2D eigenvalue weighted by molar-refractivity contribution is -0.140. The summed E-state index contributed by atoms with van der Waals surface area (Å²) in [7, 11) is 1.59. The van der Waals surface area contributed by atoms with Gasteiger partial charge in [0.05, 0.1) is 18.7 Å². The summed E-state index contributed by atoms with van der Waals surface area (Å²) in [5.41, 5.74) is 2.32. The van der Waals surface area contributed by atoms with Crippen LogP contribution in [0.25, 0.3) is 0 Å². The maximum atomic E-state index is 12.8. The number of methoxy groups -OCH3 is 1. The number of hydrogen-bond donors (Lipinski definition) is 2. The van der Waals surface area contributed by atoms with Gasteiger partial charge in [0.2, 0.25) is 0 Å². The predicted molar refractivity (Wildman–Crippen MR) is 101 cm³/mol. The summed E-state index contributed by atoms with van der Waals surface area (Å²) in [4.78, 5) is 24.6. The van der Waals surface area contributed by atoms with E-state index in [0.29, 0.717) is 21.9 Å². The molecule has 7 heteroatoms. The van der Waals surface area contributed by atoms with E-state index in [9.17, 15) is 9.59 Å². The largest absolute Gasteiger partial charge is 0.497 e. The zero-order valence-corrected chi connectivity index (χ0v) is 15.7. The smallest absolute Gasteiger partial charge is 0.338 e. The van der Waals surface area contributed by atoms with E-state index < -0.39 is 12.0 Å². The Balaban J connectivity index is 1.80. The highest BCUT2D eigenvalue weighted by Crippen LogP contribution is 2.29. The van der Waals surface area contributed by atoms with E-state index in [-0.39, 0.29) is 12.6 Å². The molecule has 0 bridgehead atoms. The number of nitrogens with one attached hydrogen (secondary N) is 2. The molecule has 0 unspecified atom stereocenters. The number of ether oxygens (including phenoxy) is 2. The van der Waals surface area contributed by atoms with Crippen LogP contribution in [-0.4, -0.2) is 19.1 Å². The highest BCUT2D eigenvalue weighted by Gasteiger charge is 2.32.